The van der Waals surface area contributed by atoms with E-state index in [1.165, 1.54) is 12.3 Å². The van der Waals surface area contributed by atoms with Crippen LogP contribution in [0, 0.1) is 27.4 Å². The van der Waals surface area contributed by atoms with Crippen LogP contribution in [0.25, 0.3) is 0 Å². The molecule has 0 bridgehead atoms. The summed E-state index contributed by atoms with van der Waals surface area (Å²) in [6, 6.07) is 3.59. The molecule has 2 saturated heterocycles. The molecule has 7 nitrogen and oxygen atoms in total. The first kappa shape index (κ1) is 12.8. The molecule has 2 aliphatic heterocycles. The van der Waals surface area contributed by atoms with Crippen LogP contribution in [0.15, 0.2) is 12.3 Å². The fourth-order valence-corrected chi connectivity index (χ4v) is 3.10. The number of nitrogens with one attached hydrogen (secondary N) is 1. The van der Waals surface area contributed by atoms with Gasteiger partial charge in [0.25, 0.3) is 0 Å². The monoisotopic (exact) mass is 273 g/mol. The summed E-state index contributed by atoms with van der Waals surface area (Å²) in [7, 11) is 0. The van der Waals surface area contributed by atoms with Crippen molar-refractivity contribution in [3.63, 3.8) is 0 Å². The molecule has 1 aromatic heterocycles. The number of hydrogen-bond donors (Lipinski definition) is 1. The highest BCUT2D eigenvalue weighted by molar-refractivity contribution is 5.60. The molecule has 0 aromatic carbocycles. The molecule has 0 unspecified atom stereocenters. The van der Waals surface area contributed by atoms with Gasteiger partial charge in [-0.15, -0.1) is 0 Å². The van der Waals surface area contributed by atoms with E-state index in [0.717, 1.165) is 32.5 Å². The van der Waals surface area contributed by atoms with Crippen LogP contribution in [-0.2, 0) is 0 Å². The smallest absolute Gasteiger partial charge is 0.312 e. The van der Waals surface area contributed by atoms with Crippen molar-refractivity contribution in [2.45, 2.75) is 18.9 Å². The Balaban J connectivity index is 1.90. The van der Waals surface area contributed by atoms with Crippen LogP contribution in [-0.4, -0.2) is 35.6 Å². The molecular weight excluding hydrogens is 258 g/mol. The summed E-state index contributed by atoms with van der Waals surface area (Å²) in [5.74, 6) is 0.908. The van der Waals surface area contributed by atoms with E-state index in [1.54, 1.807) is 0 Å². The lowest BCUT2D eigenvalue weighted by atomic mass is 9.94. The number of hydrogen-bond acceptors (Lipinski definition) is 6. The Labute approximate surface area is 116 Å². The lowest BCUT2D eigenvalue weighted by Crippen LogP contribution is -2.40. The molecule has 2 aliphatic rings. The Kier molecular flexibility index (Phi) is 3.24. The van der Waals surface area contributed by atoms with Gasteiger partial charge in [-0.1, -0.05) is 0 Å². The maximum atomic E-state index is 11.2. The van der Waals surface area contributed by atoms with Crippen LogP contribution >= 0.6 is 0 Å². The van der Waals surface area contributed by atoms with Crippen molar-refractivity contribution >= 4 is 11.5 Å². The van der Waals surface area contributed by atoms with E-state index in [2.05, 4.69) is 10.3 Å². The zero-order valence-electron chi connectivity index (χ0n) is 11.0. The SMILES string of the molecule is N#Cc1cnc(N2C[C@@H]3CCCN[C@@H]3C2)c([N+](=O)[O-])c1. The maximum absolute atomic E-state index is 11.2. The Morgan fingerprint density at radius 1 is 1.55 bits per heavy atom. The number of aromatic nitrogens is 1. The molecule has 7 heteroatoms. The van der Waals surface area contributed by atoms with E-state index in [-0.39, 0.29) is 11.3 Å². The molecule has 2 atom stereocenters. The predicted molar refractivity (Wildman–Crippen MR) is 72.3 cm³/mol. The molecule has 3 rings (SSSR count). The number of rotatable bonds is 2. The number of anilines is 1. The minimum atomic E-state index is -0.460. The summed E-state index contributed by atoms with van der Waals surface area (Å²) in [6.07, 6.45) is 3.70. The molecule has 1 N–H and O–H groups in total. The minimum Gasteiger partial charge on any atom is -0.349 e. The van der Waals surface area contributed by atoms with Gasteiger partial charge in [-0.25, -0.2) is 4.98 Å². The van der Waals surface area contributed by atoms with Crippen molar-refractivity contribution < 1.29 is 4.92 Å². The molecule has 104 valence electrons. The lowest BCUT2D eigenvalue weighted by Gasteiger charge is -2.24. The Hall–Kier alpha value is -2.20. The van der Waals surface area contributed by atoms with Gasteiger partial charge in [0.15, 0.2) is 0 Å². The fraction of sp³-hybridized carbons (Fsp3) is 0.538. The van der Waals surface area contributed by atoms with Crippen LogP contribution in [0.4, 0.5) is 11.5 Å². The third-order valence-electron chi connectivity index (χ3n) is 4.07. The highest BCUT2D eigenvalue weighted by atomic mass is 16.6. The molecule has 20 heavy (non-hydrogen) atoms. The molecule has 0 aliphatic carbocycles. The molecule has 2 fully saturated rings. The average molecular weight is 273 g/mol. The van der Waals surface area contributed by atoms with Crippen molar-refractivity contribution in [1.29, 1.82) is 5.26 Å². The summed E-state index contributed by atoms with van der Waals surface area (Å²) < 4.78 is 0. The molecule has 0 radical (unpaired) electrons. The maximum Gasteiger partial charge on any atom is 0.312 e. The summed E-state index contributed by atoms with van der Waals surface area (Å²) in [6.45, 7) is 2.54. The lowest BCUT2D eigenvalue weighted by molar-refractivity contribution is -0.384. The molecular formula is C13H15N5O2. The van der Waals surface area contributed by atoms with Gasteiger partial charge in [-0.05, 0) is 25.3 Å². The van der Waals surface area contributed by atoms with Crippen molar-refractivity contribution in [1.82, 2.24) is 10.3 Å². The average Bonchev–Trinajstić information content (AvgIpc) is 2.90. The second-order valence-corrected chi connectivity index (χ2v) is 5.30. The Morgan fingerprint density at radius 3 is 3.10 bits per heavy atom. The summed E-state index contributed by atoms with van der Waals surface area (Å²) in [5.41, 5.74) is 0.137. The van der Waals surface area contributed by atoms with Gasteiger partial charge < -0.3 is 10.2 Å². The largest absolute Gasteiger partial charge is 0.349 e. The second-order valence-electron chi connectivity index (χ2n) is 5.30. The van der Waals surface area contributed by atoms with E-state index >= 15 is 0 Å². The van der Waals surface area contributed by atoms with E-state index in [9.17, 15) is 10.1 Å². The van der Waals surface area contributed by atoms with Crippen molar-refractivity contribution in [2.24, 2.45) is 5.92 Å². The summed E-state index contributed by atoms with van der Waals surface area (Å²) in [5, 5.41) is 23.5. The zero-order chi connectivity index (χ0) is 14.1. The van der Waals surface area contributed by atoms with Crippen LogP contribution in [0.3, 0.4) is 0 Å². The zero-order valence-corrected chi connectivity index (χ0v) is 11.0. The van der Waals surface area contributed by atoms with Crippen LogP contribution < -0.4 is 10.2 Å². The normalized spacial score (nSPS) is 25.1. The molecule has 1 aromatic rings. The van der Waals surface area contributed by atoms with Crippen molar-refractivity contribution in [2.75, 3.05) is 24.5 Å². The number of nitrogens with zero attached hydrogens (tertiary/aromatic N) is 4. The van der Waals surface area contributed by atoms with Crippen molar-refractivity contribution in [3.05, 3.63) is 27.9 Å². The summed E-state index contributed by atoms with van der Waals surface area (Å²) in [4.78, 5) is 16.8. The van der Waals surface area contributed by atoms with Gasteiger partial charge in [0.05, 0.1) is 10.5 Å². The molecule has 0 amide bonds. The van der Waals surface area contributed by atoms with Crippen molar-refractivity contribution in [3.8, 4) is 6.07 Å². The van der Waals surface area contributed by atoms with E-state index < -0.39 is 4.92 Å². The van der Waals surface area contributed by atoms with Crippen LogP contribution in [0.1, 0.15) is 18.4 Å². The van der Waals surface area contributed by atoms with Gasteiger partial charge >= 0.3 is 5.69 Å². The predicted octanol–water partition coefficient (Wildman–Crippen LogP) is 1.05. The fourth-order valence-electron chi connectivity index (χ4n) is 3.10. The minimum absolute atomic E-state index is 0.0808. The van der Waals surface area contributed by atoms with Gasteiger partial charge in [-0.2, -0.15) is 5.26 Å². The number of pyridine rings is 1. The van der Waals surface area contributed by atoms with E-state index in [1.807, 2.05) is 11.0 Å². The van der Waals surface area contributed by atoms with E-state index in [0.29, 0.717) is 17.8 Å². The topological polar surface area (TPSA) is 95.1 Å². The van der Waals surface area contributed by atoms with E-state index in [4.69, 9.17) is 5.26 Å². The third kappa shape index (κ3) is 2.18. The first-order chi connectivity index (χ1) is 9.69. The quantitative estimate of drug-likeness (QED) is 0.639. The first-order valence-electron chi connectivity index (χ1n) is 6.72. The van der Waals surface area contributed by atoms with Gasteiger partial charge in [0.1, 0.15) is 6.07 Å². The highest BCUT2D eigenvalue weighted by Crippen LogP contribution is 2.33. The number of piperidine rings is 1. The summed E-state index contributed by atoms with van der Waals surface area (Å²) >= 11 is 0. The standard InChI is InChI=1S/C13H15N5O2/c14-5-9-4-12(18(19)20)13(16-6-9)17-7-10-2-1-3-15-11(10)8-17/h4,6,10-11,15H,1-3,7-8H2/t10-,11+/m0/s1. The highest BCUT2D eigenvalue weighted by Gasteiger charge is 2.37. The third-order valence-corrected chi connectivity index (χ3v) is 4.07. The van der Waals surface area contributed by atoms with Crippen LogP contribution in [0.5, 0.6) is 0 Å². The number of fused-ring (bicyclic) bond motifs is 1. The molecule has 0 saturated carbocycles. The molecule has 3 heterocycles. The second kappa shape index (κ2) is 5.06. The van der Waals surface area contributed by atoms with Gasteiger partial charge in [0.2, 0.25) is 5.82 Å². The number of nitro groups is 1. The molecule has 0 spiro atoms. The Bertz CT molecular complexity index is 569. The Morgan fingerprint density at radius 2 is 2.40 bits per heavy atom. The van der Waals surface area contributed by atoms with Crippen LogP contribution in [0.2, 0.25) is 0 Å². The van der Waals surface area contributed by atoms with Gasteiger partial charge in [-0.3, -0.25) is 10.1 Å². The van der Waals surface area contributed by atoms with Gasteiger partial charge in [0, 0.05) is 31.4 Å². The first-order valence-corrected chi connectivity index (χ1v) is 6.72. The number of nitriles is 1.